The molecule has 1 aliphatic rings. The Morgan fingerprint density at radius 3 is 2.74 bits per heavy atom. The molecule has 2 rings (SSSR count). The molecule has 5 nitrogen and oxygen atoms in total. The molecule has 102 valence electrons. The van der Waals surface area contributed by atoms with E-state index in [1.54, 1.807) is 11.5 Å². The van der Waals surface area contributed by atoms with Crippen LogP contribution in [0.1, 0.15) is 30.7 Å². The number of pyridine rings is 1. The maximum atomic E-state index is 12.2. The van der Waals surface area contributed by atoms with Crippen LogP contribution in [0.25, 0.3) is 0 Å². The molecule has 0 bridgehead atoms. The van der Waals surface area contributed by atoms with E-state index >= 15 is 0 Å². The number of rotatable bonds is 2. The Balaban J connectivity index is 2.32. The largest absolute Gasteiger partial charge is 0.348 e. The van der Waals surface area contributed by atoms with E-state index in [0.717, 1.165) is 5.69 Å². The maximum absolute atomic E-state index is 12.2. The molecule has 5 heteroatoms. The Bertz CT molecular complexity index is 596. The summed E-state index contributed by atoms with van der Waals surface area (Å²) in [7, 11) is 0. The zero-order chi connectivity index (χ0) is 14.2. The summed E-state index contributed by atoms with van der Waals surface area (Å²) in [5.74, 6) is -0.606. The van der Waals surface area contributed by atoms with Gasteiger partial charge in [-0.25, -0.2) is 0 Å². The van der Waals surface area contributed by atoms with Crippen LogP contribution in [0.3, 0.4) is 0 Å². The topological polar surface area (TPSA) is 64.2 Å². The van der Waals surface area contributed by atoms with E-state index in [9.17, 15) is 4.79 Å². The molecule has 1 unspecified atom stereocenters. The van der Waals surface area contributed by atoms with Gasteiger partial charge >= 0.3 is 0 Å². The Morgan fingerprint density at radius 2 is 2.21 bits per heavy atom. The normalized spacial score (nSPS) is 21.3. The molecule has 19 heavy (non-hydrogen) atoms. The van der Waals surface area contributed by atoms with E-state index in [2.05, 4.69) is 0 Å². The minimum Gasteiger partial charge on any atom is -0.348 e. The van der Waals surface area contributed by atoms with Gasteiger partial charge in [-0.15, -0.1) is 0 Å². The van der Waals surface area contributed by atoms with Gasteiger partial charge in [0.05, 0.1) is 13.2 Å². The van der Waals surface area contributed by atoms with Gasteiger partial charge in [-0.3, -0.25) is 4.79 Å². The van der Waals surface area contributed by atoms with Crippen molar-refractivity contribution in [1.82, 2.24) is 4.57 Å². The van der Waals surface area contributed by atoms with Crippen molar-refractivity contribution in [3.63, 3.8) is 0 Å². The van der Waals surface area contributed by atoms with E-state index < -0.39 is 5.79 Å². The Labute approximate surface area is 112 Å². The van der Waals surface area contributed by atoms with Crippen molar-refractivity contribution in [3.8, 4) is 6.07 Å². The molecular weight excluding hydrogens is 244 g/mol. The van der Waals surface area contributed by atoms with E-state index in [1.165, 1.54) is 0 Å². The number of nitrogens with zero attached hydrogens (tertiary/aromatic N) is 2. The standard InChI is InChI=1S/C14H18N2O3/c1-9-5-10(2)16(13(17)12(9)6-15)7-11-8-18-14(3,4)19-11/h5,11H,7-8H2,1-4H3. The predicted octanol–water partition coefficient (Wildman–Crippen LogP) is 1.49. The third-order valence-electron chi connectivity index (χ3n) is 3.27. The van der Waals surface area contributed by atoms with Gasteiger partial charge in [0.1, 0.15) is 17.7 Å². The van der Waals surface area contributed by atoms with Crippen LogP contribution >= 0.6 is 0 Å². The predicted molar refractivity (Wildman–Crippen MR) is 69.8 cm³/mol. The van der Waals surface area contributed by atoms with Gasteiger partial charge in [-0.05, 0) is 39.3 Å². The van der Waals surface area contributed by atoms with Crippen LogP contribution in [0.4, 0.5) is 0 Å². The van der Waals surface area contributed by atoms with E-state index in [0.29, 0.717) is 18.7 Å². The van der Waals surface area contributed by atoms with Gasteiger partial charge in [-0.2, -0.15) is 5.26 Å². The second-order valence-corrected chi connectivity index (χ2v) is 5.32. The summed E-state index contributed by atoms with van der Waals surface area (Å²) in [5.41, 5.74) is 1.48. The molecule has 1 aliphatic heterocycles. The molecule has 1 aromatic rings. The monoisotopic (exact) mass is 262 g/mol. The molecule has 0 aliphatic carbocycles. The van der Waals surface area contributed by atoms with Gasteiger partial charge < -0.3 is 14.0 Å². The molecule has 0 spiro atoms. The Kier molecular flexibility index (Phi) is 3.48. The lowest BCUT2D eigenvalue weighted by Gasteiger charge is -2.19. The molecule has 0 saturated carbocycles. The minimum absolute atomic E-state index is 0.166. The molecule has 0 amide bonds. The smallest absolute Gasteiger partial charge is 0.269 e. The van der Waals surface area contributed by atoms with E-state index in [-0.39, 0.29) is 17.2 Å². The number of ether oxygens (including phenoxy) is 2. The summed E-state index contributed by atoms with van der Waals surface area (Å²) in [6, 6.07) is 3.82. The summed E-state index contributed by atoms with van der Waals surface area (Å²) in [6.45, 7) is 8.18. The fourth-order valence-corrected chi connectivity index (χ4v) is 2.35. The van der Waals surface area contributed by atoms with Crippen LogP contribution in [-0.4, -0.2) is 23.1 Å². The molecule has 1 aromatic heterocycles. The number of aryl methyl sites for hydroxylation is 2. The molecule has 1 saturated heterocycles. The highest BCUT2D eigenvalue weighted by atomic mass is 16.7. The summed E-state index contributed by atoms with van der Waals surface area (Å²) >= 11 is 0. The first-order chi connectivity index (χ1) is 8.84. The number of hydrogen-bond acceptors (Lipinski definition) is 4. The van der Waals surface area contributed by atoms with Gasteiger partial charge in [-0.1, -0.05) is 0 Å². The van der Waals surface area contributed by atoms with Crippen molar-refractivity contribution in [2.24, 2.45) is 0 Å². The number of nitriles is 1. The van der Waals surface area contributed by atoms with Crippen LogP contribution in [0.15, 0.2) is 10.9 Å². The second kappa shape index (κ2) is 4.80. The Hall–Kier alpha value is -1.64. The zero-order valence-corrected chi connectivity index (χ0v) is 11.7. The zero-order valence-electron chi connectivity index (χ0n) is 11.7. The van der Waals surface area contributed by atoms with Crippen LogP contribution in [0.5, 0.6) is 0 Å². The lowest BCUT2D eigenvalue weighted by Crippen LogP contribution is -2.32. The molecule has 0 aromatic carbocycles. The third-order valence-corrected chi connectivity index (χ3v) is 3.27. The summed E-state index contributed by atoms with van der Waals surface area (Å²) < 4.78 is 12.8. The third kappa shape index (κ3) is 2.70. The van der Waals surface area contributed by atoms with Gasteiger partial charge in [0, 0.05) is 5.69 Å². The van der Waals surface area contributed by atoms with Gasteiger partial charge in [0.25, 0.3) is 5.56 Å². The quantitative estimate of drug-likeness (QED) is 0.810. The maximum Gasteiger partial charge on any atom is 0.269 e. The first-order valence-electron chi connectivity index (χ1n) is 6.27. The van der Waals surface area contributed by atoms with E-state index in [1.807, 2.05) is 32.9 Å². The van der Waals surface area contributed by atoms with Gasteiger partial charge in [0.2, 0.25) is 0 Å². The van der Waals surface area contributed by atoms with Crippen LogP contribution in [0.2, 0.25) is 0 Å². The average molecular weight is 262 g/mol. The first kappa shape index (κ1) is 13.8. The highest BCUT2D eigenvalue weighted by Gasteiger charge is 2.33. The summed E-state index contributed by atoms with van der Waals surface area (Å²) in [4.78, 5) is 12.2. The highest BCUT2D eigenvalue weighted by Crippen LogP contribution is 2.23. The van der Waals surface area contributed by atoms with Crippen molar-refractivity contribution >= 4 is 0 Å². The van der Waals surface area contributed by atoms with Crippen molar-refractivity contribution < 1.29 is 9.47 Å². The lowest BCUT2D eigenvalue weighted by molar-refractivity contribution is -0.139. The lowest BCUT2D eigenvalue weighted by atomic mass is 10.1. The highest BCUT2D eigenvalue weighted by molar-refractivity contribution is 5.36. The summed E-state index contributed by atoms with van der Waals surface area (Å²) in [6.07, 6.45) is -0.166. The van der Waals surface area contributed by atoms with Crippen LogP contribution in [-0.2, 0) is 16.0 Å². The average Bonchev–Trinajstić information content (AvgIpc) is 2.64. The van der Waals surface area contributed by atoms with E-state index in [4.69, 9.17) is 14.7 Å². The molecule has 1 atom stereocenters. The van der Waals surface area contributed by atoms with Crippen molar-refractivity contribution in [1.29, 1.82) is 5.26 Å². The van der Waals surface area contributed by atoms with Gasteiger partial charge in [0.15, 0.2) is 5.79 Å². The first-order valence-corrected chi connectivity index (χ1v) is 6.27. The number of hydrogen-bond donors (Lipinski definition) is 0. The molecule has 2 heterocycles. The Morgan fingerprint density at radius 1 is 1.53 bits per heavy atom. The van der Waals surface area contributed by atoms with Crippen molar-refractivity contribution in [2.75, 3.05) is 6.61 Å². The second-order valence-electron chi connectivity index (χ2n) is 5.32. The minimum atomic E-state index is -0.606. The van der Waals surface area contributed by atoms with Crippen molar-refractivity contribution in [2.45, 2.75) is 46.1 Å². The molecular formula is C14H18N2O3. The number of aromatic nitrogens is 1. The summed E-state index contributed by atoms with van der Waals surface area (Å²) in [5, 5.41) is 9.04. The molecule has 0 radical (unpaired) electrons. The van der Waals surface area contributed by atoms with Crippen LogP contribution in [0, 0.1) is 25.2 Å². The SMILES string of the molecule is Cc1cc(C)n(CC2COC(C)(C)O2)c(=O)c1C#N. The molecule has 0 N–H and O–H groups in total. The van der Waals surface area contributed by atoms with Crippen LogP contribution < -0.4 is 5.56 Å². The fourth-order valence-electron chi connectivity index (χ4n) is 2.35. The molecule has 1 fully saturated rings. The van der Waals surface area contributed by atoms with Crippen molar-refractivity contribution in [3.05, 3.63) is 33.2 Å². The fraction of sp³-hybridized carbons (Fsp3) is 0.571.